The lowest BCUT2D eigenvalue weighted by Gasteiger charge is -2.37. The molecule has 3 aliphatic rings. The Kier molecular flexibility index (Phi) is 5.34. The maximum atomic E-state index is 13.1. The molecule has 1 aromatic rings. The van der Waals surface area contributed by atoms with Crippen LogP contribution in [0.4, 0.5) is 0 Å². The van der Waals surface area contributed by atoms with Crippen molar-refractivity contribution < 1.29 is 19.4 Å². The van der Waals surface area contributed by atoms with Crippen molar-refractivity contribution in [2.75, 3.05) is 26.2 Å². The summed E-state index contributed by atoms with van der Waals surface area (Å²) in [6.07, 6.45) is 4.72. The zero-order valence-corrected chi connectivity index (χ0v) is 15.7. The highest BCUT2D eigenvalue weighted by atomic mass is 16.5. The molecule has 0 atom stereocenters. The molecule has 0 spiro atoms. The number of aliphatic hydroxyl groups excluding tert-OH is 1. The maximum Gasteiger partial charge on any atom is 0.226 e. The second-order valence-electron chi connectivity index (χ2n) is 7.94. The molecule has 6 nitrogen and oxygen atoms in total. The van der Waals surface area contributed by atoms with Crippen LogP contribution in [0.2, 0.25) is 0 Å². The molecular formula is C21H28N2O4. The summed E-state index contributed by atoms with van der Waals surface area (Å²) in [5.74, 6) is 1.47. The van der Waals surface area contributed by atoms with Gasteiger partial charge in [-0.2, -0.15) is 0 Å². The third kappa shape index (κ3) is 3.81. The van der Waals surface area contributed by atoms with Crippen molar-refractivity contribution in [1.29, 1.82) is 0 Å². The Labute approximate surface area is 160 Å². The SMILES string of the molecule is O=C(C1CCC1)N1CCC(C(=O)N2CCOc3ccc(CO)cc3C2)CC1. The van der Waals surface area contributed by atoms with Gasteiger partial charge in [-0.25, -0.2) is 0 Å². The summed E-state index contributed by atoms with van der Waals surface area (Å²) in [5.41, 5.74) is 1.78. The summed E-state index contributed by atoms with van der Waals surface area (Å²) >= 11 is 0. The Morgan fingerprint density at radius 1 is 1.00 bits per heavy atom. The molecule has 2 aliphatic heterocycles. The molecule has 1 aliphatic carbocycles. The van der Waals surface area contributed by atoms with Crippen LogP contribution in [0, 0.1) is 11.8 Å². The molecule has 0 aromatic heterocycles. The molecule has 0 radical (unpaired) electrons. The van der Waals surface area contributed by atoms with Gasteiger partial charge in [-0.15, -0.1) is 0 Å². The number of ether oxygens (including phenoxy) is 1. The largest absolute Gasteiger partial charge is 0.491 e. The number of carbonyl (C=O) groups is 2. The van der Waals surface area contributed by atoms with E-state index < -0.39 is 0 Å². The van der Waals surface area contributed by atoms with Crippen molar-refractivity contribution in [1.82, 2.24) is 9.80 Å². The first-order chi connectivity index (χ1) is 13.2. The van der Waals surface area contributed by atoms with Gasteiger partial charge in [0.1, 0.15) is 12.4 Å². The van der Waals surface area contributed by atoms with E-state index in [-0.39, 0.29) is 24.3 Å². The Bertz CT molecular complexity index is 708. The van der Waals surface area contributed by atoms with E-state index in [0.29, 0.717) is 38.7 Å². The minimum Gasteiger partial charge on any atom is -0.491 e. The molecule has 27 heavy (non-hydrogen) atoms. The highest BCUT2D eigenvalue weighted by molar-refractivity contribution is 5.81. The Morgan fingerprint density at radius 2 is 1.70 bits per heavy atom. The minimum atomic E-state index is -0.0191. The molecule has 2 heterocycles. The Morgan fingerprint density at radius 3 is 2.37 bits per heavy atom. The van der Waals surface area contributed by atoms with Crippen LogP contribution in [0.1, 0.15) is 43.2 Å². The molecule has 2 fully saturated rings. The van der Waals surface area contributed by atoms with E-state index in [2.05, 4.69) is 0 Å². The number of rotatable bonds is 3. The number of hydrogen-bond donors (Lipinski definition) is 1. The number of carbonyl (C=O) groups excluding carboxylic acids is 2. The van der Waals surface area contributed by atoms with Crippen molar-refractivity contribution in [2.24, 2.45) is 11.8 Å². The van der Waals surface area contributed by atoms with Crippen LogP contribution < -0.4 is 4.74 Å². The average Bonchev–Trinajstić information content (AvgIpc) is 2.87. The highest BCUT2D eigenvalue weighted by Gasteiger charge is 2.34. The molecule has 146 valence electrons. The quantitative estimate of drug-likeness (QED) is 0.880. The molecule has 1 saturated carbocycles. The third-order valence-corrected chi connectivity index (χ3v) is 6.21. The predicted molar refractivity (Wildman–Crippen MR) is 99.9 cm³/mol. The maximum absolute atomic E-state index is 13.1. The average molecular weight is 372 g/mol. The topological polar surface area (TPSA) is 70.1 Å². The molecule has 0 unspecified atom stereocenters. The van der Waals surface area contributed by atoms with Gasteiger partial charge in [-0.05, 0) is 43.4 Å². The second-order valence-corrected chi connectivity index (χ2v) is 7.94. The summed E-state index contributed by atoms with van der Waals surface area (Å²) in [6, 6.07) is 5.64. The number of hydrogen-bond acceptors (Lipinski definition) is 4. The van der Waals surface area contributed by atoms with E-state index in [1.54, 1.807) is 0 Å². The molecular weight excluding hydrogens is 344 g/mol. The van der Waals surface area contributed by atoms with Crippen LogP contribution in [0.25, 0.3) is 0 Å². The van der Waals surface area contributed by atoms with Gasteiger partial charge in [0.25, 0.3) is 0 Å². The third-order valence-electron chi connectivity index (χ3n) is 6.21. The molecule has 1 aromatic carbocycles. The Hall–Kier alpha value is -2.08. The summed E-state index contributed by atoms with van der Waals surface area (Å²) < 4.78 is 5.78. The van der Waals surface area contributed by atoms with Gasteiger partial charge < -0.3 is 19.6 Å². The van der Waals surface area contributed by atoms with Crippen LogP contribution in [0.15, 0.2) is 18.2 Å². The van der Waals surface area contributed by atoms with Crippen LogP contribution in [-0.2, 0) is 22.7 Å². The number of nitrogens with zero attached hydrogens (tertiary/aromatic N) is 2. The van der Waals surface area contributed by atoms with Gasteiger partial charge in [0, 0.05) is 37.0 Å². The standard InChI is InChI=1S/C21H28N2O4/c24-14-15-4-5-19-18(12-15)13-23(10-11-27-19)21(26)17-6-8-22(9-7-17)20(25)16-2-1-3-16/h4-5,12,16-17,24H,1-3,6-11,13-14H2. The molecule has 4 rings (SSSR count). The first-order valence-electron chi connectivity index (χ1n) is 10.1. The molecule has 2 amide bonds. The monoisotopic (exact) mass is 372 g/mol. The van der Waals surface area contributed by atoms with Gasteiger partial charge >= 0.3 is 0 Å². The number of benzene rings is 1. The first kappa shape index (κ1) is 18.3. The molecule has 1 saturated heterocycles. The normalized spacial score (nSPS) is 21.1. The predicted octanol–water partition coefficient (Wildman–Crippen LogP) is 1.94. The van der Waals surface area contributed by atoms with E-state index >= 15 is 0 Å². The number of likely N-dealkylation sites (tertiary alicyclic amines) is 1. The van der Waals surface area contributed by atoms with Crippen LogP contribution >= 0.6 is 0 Å². The van der Waals surface area contributed by atoms with E-state index in [0.717, 1.165) is 42.6 Å². The lowest BCUT2D eigenvalue weighted by molar-refractivity contribution is -0.144. The van der Waals surface area contributed by atoms with Gasteiger partial charge in [0.2, 0.25) is 11.8 Å². The number of piperidine rings is 1. The van der Waals surface area contributed by atoms with Crippen molar-refractivity contribution in [3.8, 4) is 5.75 Å². The number of amides is 2. The summed E-state index contributed by atoms with van der Waals surface area (Å²) in [4.78, 5) is 29.3. The zero-order chi connectivity index (χ0) is 18.8. The smallest absolute Gasteiger partial charge is 0.226 e. The molecule has 6 heteroatoms. The zero-order valence-electron chi connectivity index (χ0n) is 15.7. The van der Waals surface area contributed by atoms with E-state index in [1.165, 1.54) is 6.42 Å². The number of aliphatic hydroxyl groups is 1. The van der Waals surface area contributed by atoms with Gasteiger partial charge in [-0.1, -0.05) is 12.5 Å². The number of fused-ring (bicyclic) bond motifs is 1. The van der Waals surface area contributed by atoms with Crippen LogP contribution in [0.5, 0.6) is 5.75 Å². The van der Waals surface area contributed by atoms with Crippen molar-refractivity contribution in [3.63, 3.8) is 0 Å². The van der Waals surface area contributed by atoms with Gasteiger partial charge in [0.15, 0.2) is 0 Å². The van der Waals surface area contributed by atoms with Crippen LogP contribution in [0.3, 0.4) is 0 Å². The fourth-order valence-electron chi connectivity index (χ4n) is 4.25. The van der Waals surface area contributed by atoms with Crippen molar-refractivity contribution in [2.45, 2.75) is 45.3 Å². The van der Waals surface area contributed by atoms with E-state index in [9.17, 15) is 14.7 Å². The Balaban J connectivity index is 1.37. The molecule has 1 N–H and O–H groups in total. The lowest BCUT2D eigenvalue weighted by Crippen LogP contribution is -2.47. The minimum absolute atomic E-state index is 0.0157. The fraction of sp³-hybridized carbons (Fsp3) is 0.619. The van der Waals surface area contributed by atoms with E-state index in [4.69, 9.17) is 4.74 Å². The van der Waals surface area contributed by atoms with Gasteiger partial charge in [0.05, 0.1) is 13.2 Å². The van der Waals surface area contributed by atoms with Gasteiger partial charge in [-0.3, -0.25) is 9.59 Å². The summed E-state index contributed by atoms with van der Waals surface area (Å²) in [5, 5.41) is 9.37. The highest BCUT2D eigenvalue weighted by Crippen LogP contribution is 2.31. The van der Waals surface area contributed by atoms with Crippen molar-refractivity contribution >= 4 is 11.8 Å². The first-order valence-corrected chi connectivity index (χ1v) is 10.1. The van der Waals surface area contributed by atoms with Crippen LogP contribution in [-0.4, -0.2) is 53.0 Å². The summed E-state index contributed by atoms with van der Waals surface area (Å²) in [7, 11) is 0. The lowest BCUT2D eigenvalue weighted by atomic mass is 9.83. The molecule has 0 bridgehead atoms. The summed E-state index contributed by atoms with van der Waals surface area (Å²) in [6.45, 7) is 2.94. The van der Waals surface area contributed by atoms with E-state index in [1.807, 2.05) is 28.0 Å². The second kappa shape index (κ2) is 7.89. The van der Waals surface area contributed by atoms with Crippen molar-refractivity contribution in [3.05, 3.63) is 29.3 Å². The fourth-order valence-corrected chi connectivity index (χ4v) is 4.25.